The smallest absolute Gasteiger partial charge is 0.305 e. The van der Waals surface area contributed by atoms with Crippen LogP contribution < -0.4 is 5.32 Å². The molecule has 1 aliphatic rings. The standard InChI is InChI=1S/C10H19NO5/c12-7(3-8(13)4-10(14)15)1-2-16-9-5-11-6-9/h7-9,11-13H,1-6H2,(H,14,15)/t7-,8-/m1/s1. The summed E-state index contributed by atoms with van der Waals surface area (Å²) in [4.78, 5) is 10.3. The molecule has 6 heteroatoms. The molecule has 4 N–H and O–H groups in total. The van der Waals surface area contributed by atoms with E-state index in [-0.39, 0.29) is 18.9 Å². The number of carboxylic acid groups (broad SMARTS) is 1. The Labute approximate surface area is 94.2 Å². The third-order valence-electron chi connectivity index (χ3n) is 2.50. The second kappa shape index (κ2) is 6.80. The van der Waals surface area contributed by atoms with E-state index >= 15 is 0 Å². The number of aliphatic hydroxyl groups is 2. The zero-order valence-electron chi connectivity index (χ0n) is 9.13. The van der Waals surface area contributed by atoms with Crippen LogP contribution in [0.2, 0.25) is 0 Å². The number of nitrogens with one attached hydrogen (secondary N) is 1. The molecular formula is C10H19NO5. The van der Waals surface area contributed by atoms with Gasteiger partial charge in [0.1, 0.15) is 0 Å². The molecule has 0 unspecified atom stereocenters. The van der Waals surface area contributed by atoms with Gasteiger partial charge in [0, 0.05) is 19.7 Å². The Balaban J connectivity index is 2.00. The summed E-state index contributed by atoms with van der Waals surface area (Å²) < 4.78 is 5.39. The number of carbonyl (C=O) groups is 1. The molecule has 1 saturated heterocycles. The van der Waals surface area contributed by atoms with Gasteiger partial charge in [-0.3, -0.25) is 4.79 Å². The van der Waals surface area contributed by atoms with Crippen molar-refractivity contribution in [2.45, 2.75) is 37.6 Å². The fourth-order valence-electron chi connectivity index (χ4n) is 1.47. The molecule has 0 amide bonds. The topological polar surface area (TPSA) is 99.0 Å². The Morgan fingerprint density at radius 2 is 2.06 bits per heavy atom. The maximum atomic E-state index is 10.3. The lowest BCUT2D eigenvalue weighted by molar-refractivity contribution is -0.139. The van der Waals surface area contributed by atoms with Crippen molar-refractivity contribution in [3.05, 3.63) is 0 Å². The number of carboxylic acids is 1. The van der Waals surface area contributed by atoms with Crippen LogP contribution in [0.3, 0.4) is 0 Å². The molecule has 0 aliphatic carbocycles. The predicted octanol–water partition coefficient (Wildman–Crippen LogP) is -1.05. The fraction of sp³-hybridized carbons (Fsp3) is 0.900. The summed E-state index contributed by atoms with van der Waals surface area (Å²) in [5.74, 6) is -1.06. The molecule has 1 heterocycles. The molecule has 1 rings (SSSR count). The minimum absolute atomic E-state index is 0.0819. The molecule has 0 spiro atoms. The van der Waals surface area contributed by atoms with E-state index in [1.165, 1.54) is 0 Å². The average molecular weight is 233 g/mol. The molecule has 0 bridgehead atoms. The fourth-order valence-corrected chi connectivity index (χ4v) is 1.47. The van der Waals surface area contributed by atoms with Crippen LogP contribution in [0.15, 0.2) is 0 Å². The van der Waals surface area contributed by atoms with Crippen molar-refractivity contribution in [2.75, 3.05) is 19.7 Å². The largest absolute Gasteiger partial charge is 0.481 e. The molecule has 0 aromatic carbocycles. The minimum atomic E-state index is -1.06. The van der Waals surface area contributed by atoms with E-state index in [0.29, 0.717) is 13.0 Å². The number of hydrogen-bond acceptors (Lipinski definition) is 5. The van der Waals surface area contributed by atoms with Crippen LogP contribution in [0.5, 0.6) is 0 Å². The zero-order chi connectivity index (χ0) is 12.0. The Kier molecular flexibility index (Phi) is 5.68. The number of ether oxygens (including phenoxy) is 1. The van der Waals surface area contributed by atoms with Gasteiger partial charge in [-0.1, -0.05) is 0 Å². The lowest BCUT2D eigenvalue weighted by Gasteiger charge is -2.27. The maximum absolute atomic E-state index is 10.3. The first kappa shape index (κ1) is 13.4. The summed E-state index contributed by atoms with van der Waals surface area (Å²) >= 11 is 0. The van der Waals surface area contributed by atoms with Gasteiger partial charge >= 0.3 is 5.97 Å². The second-order valence-corrected chi connectivity index (χ2v) is 4.08. The molecule has 16 heavy (non-hydrogen) atoms. The Morgan fingerprint density at radius 1 is 1.38 bits per heavy atom. The third kappa shape index (κ3) is 5.41. The van der Waals surface area contributed by atoms with Crippen molar-refractivity contribution in [3.8, 4) is 0 Å². The van der Waals surface area contributed by atoms with Crippen LogP contribution in [0.4, 0.5) is 0 Å². The summed E-state index contributed by atoms with van der Waals surface area (Å²) in [6, 6.07) is 0. The zero-order valence-corrected chi connectivity index (χ0v) is 9.13. The molecule has 0 aromatic rings. The van der Waals surface area contributed by atoms with Crippen LogP contribution in [0.1, 0.15) is 19.3 Å². The molecule has 0 saturated carbocycles. The lowest BCUT2D eigenvalue weighted by Crippen LogP contribution is -2.48. The highest BCUT2D eigenvalue weighted by molar-refractivity contribution is 5.67. The monoisotopic (exact) mass is 233 g/mol. The van der Waals surface area contributed by atoms with Gasteiger partial charge in [0.25, 0.3) is 0 Å². The number of rotatable bonds is 8. The lowest BCUT2D eigenvalue weighted by atomic mass is 10.1. The SMILES string of the molecule is O=C(O)C[C@H](O)C[C@H](O)CCOC1CNC1. The highest BCUT2D eigenvalue weighted by Crippen LogP contribution is 2.07. The van der Waals surface area contributed by atoms with E-state index in [9.17, 15) is 15.0 Å². The molecule has 0 radical (unpaired) electrons. The van der Waals surface area contributed by atoms with Crippen molar-refractivity contribution < 1.29 is 24.9 Å². The molecule has 2 atom stereocenters. The van der Waals surface area contributed by atoms with Crippen LogP contribution in [0, 0.1) is 0 Å². The van der Waals surface area contributed by atoms with E-state index in [2.05, 4.69) is 5.32 Å². The van der Waals surface area contributed by atoms with Gasteiger partial charge in [-0.2, -0.15) is 0 Å². The Morgan fingerprint density at radius 3 is 2.56 bits per heavy atom. The van der Waals surface area contributed by atoms with Gasteiger partial charge in [-0.15, -0.1) is 0 Å². The summed E-state index contributed by atoms with van der Waals surface area (Å²) in [5, 5.41) is 30.2. The Hall–Kier alpha value is -0.690. The van der Waals surface area contributed by atoms with Crippen molar-refractivity contribution in [3.63, 3.8) is 0 Å². The molecule has 94 valence electrons. The van der Waals surface area contributed by atoms with Crippen LogP contribution in [-0.2, 0) is 9.53 Å². The van der Waals surface area contributed by atoms with Crippen LogP contribution in [0.25, 0.3) is 0 Å². The van der Waals surface area contributed by atoms with Crippen LogP contribution >= 0.6 is 0 Å². The highest BCUT2D eigenvalue weighted by atomic mass is 16.5. The van der Waals surface area contributed by atoms with Gasteiger partial charge in [0.15, 0.2) is 0 Å². The summed E-state index contributed by atoms with van der Waals surface area (Å²) in [6.45, 7) is 2.13. The first-order valence-electron chi connectivity index (χ1n) is 5.48. The minimum Gasteiger partial charge on any atom is -0.481 e. The van der Waals surface area contributed by atoms with Gasteiger partial charge in [-0.05, 0) is 12.8 Å². The predicted molar refractivity (Wildman–Crippen MR) is 56.1 cm³/mol. The quantitative estimate of drug-likeness (QED) is 0.427. The van der Waals surface area contributed by atoms with Gasteiger partial charge in [0.2, 0.25) is 0 Å². The number of hydrogen-bond donors (Lipinski definition) is 4. The van der Waals surface area contributed by atoms with E-state index in [0.717, 1.165) is 13.1 Å². The van der Waals surface area contributed by atoms with Crippen molar-refractivity contribution in [1.82, 2.24) is 5.32 Å². The van der Waals surface area contributed by atoms with Crippen molar-refractivity contribution in [1.29, 1.82) is 0 Å². The van der Waals surface area contributed by atoms with E-state index in [1.54, 1.807) is 0 Å². The van der Waals surface area contributed by atoms with Gasteiger partial charge in [0.05, 0.1) is 24.7 Å². The molecule has 1 fully saturated rings. The molecule has 0 aromatic heterocycles. The van der Waals surface area contributed by atoms with Gasteiger partial charge < -0.3 is 25.4 Å². The molecule has 6 nitrogen and oxygen atoms in total. The Bertz CT molecular complexity index is 219. The molecule has 1 aliphatic heterocycles. The number of aliphatic carboxylic acids is 1. The van der Waals surface area contributed by atoms with Crippen molar-refractivity contribution in [2.24, 2.45) is 0 Å². The summed E-state index contributed by atoms with van der Waals surface area (Å²) in [6.07, 6.45) is -1.28. The maximum Gasteiger partial charge on any atom is 0.305 e. The van der Waals surface area contributed by atoms with E-state index in [1.807, 2.05) is 0 Å². The normalized spacial score (nSPS) is 20.1. The first-order valence-corrected chi connectivity index (χ1v) is 5.48. The van der Waals surface area contributed by atoms with Crippen molar-refractivity contribution >= 4 is 5.97 Å². The summed E-state index contributed by atoms with van der Waals surface area (Å²) in [5.41, 5.74) is 0. The third-order valence-corrected chi connectivity index (χ3v) is 2.50. The summed E-state index contributed by atoms with van der Waals surface area (Å²) in [7, 11) is 0. The van der Waals surface area contributed by atoms with Crippen LogP contribution in [-0.4, -0.2) is 59.3 Å². The van der Waals surface area contributed by atoms with E-state index < -0.39 is 18.2 Å². The average Bonchev–Trinajstić information content (AvgIpc) is 2.07. The first-order chi connectivity index (χ1) is 7.58. The highest BCUT2D eigenvalue weighted by Gasteiger charge is 2.18. The second-order valence-electron chi connectivity index (χ2n) is 4.08. The van der Waals surface area contributed by atoms with Gasteiger partial charge in [-0.25, -0.2) is 0 Å². The molecular weight excluding hydrogens is 214 g/mol. The van der Waals surface area contributed by atoms with E-state index in [4.69, 9.17) is 9.84 Å². The number of aliphatic hydroxyl groups excluding tert-OH is 2.